The second-order valence-electron chi connectivity index (χ2n) is 8.61. The highest BCUT2D eigenvalue weighted by atomic mass is 16.4. The van der Waals surface area contributed by atoms with Crippen LogP contribution in [0.3, 0.4) is 0 Å². The molecular formula is C16H22N2O3. The van der Waals surface area contributed by atoms with Crippen LogP contribution in [0, 0.1) is 22.2 Å². The van der Waals surface area contributed by atoms with Crippen LogP contribution in [0.5, 0.6) is 0 Å². The minimum atomic E-state index is -1.14. The molecule has 1 aromatic heterocycles. The Bertz CT molecular complexity index is 590. The summed E-state index contributed by atoms with van der Waals surface area (Å²) in [4.78, 5) is 10.9. The fraction of sp³-hybridized carbons (Fsp3) is 0.812. The van der Waals surface area contributed by atoms with Crippen molar-refractivity contribution < 1.29 is 14.3 Å². The highest BCUT2D eigenvalue weighted by Gasteiger charge is 2.60. The standard InChI is InChI=1S/C16H22N2O3/c1-14-3-10-4-15(2,7-14)9-16(5-10,8-14)6-11-17-18-12(21-11)13(19)20/h10H,3-9H2,1-2H3,(H,19,20). The Morgan fingerprint density at radius 2 is 1.86 bits per heavy atom. The van der Waals surface area contributed by atoms with Crippen LogP contribution < -0.4 is 0 Å². The third-order valence-corrected chi connectivity index (χ3v) is 5.92. The van der Waals surface area contributed by atoms with E-state index in [1.165, 1.54) is 38.5 Å². The van der Waals surface area contributed by atoms with E-state index in [9.17, 15) is 4.79 Å². The summed E-state index contributed by atoms with van der Waals surface area (Å²) in [7, 11) is 0. The molecule has 5 heteroatoms. The van der Waals surface area contributed by atoms with Gasteiger partial charge in [0.1, 0.15) is 0 Å². The minimum absolute atomic E-state index is 0.241. The average Bonchev–Trinajstić information content (AvgIpc) is 2.71. The number of aromatic carboxylic acids is 1. The number of hydrogen-bond donors (Lipinski definition) is 1. The van der Waals surface area contributed by atoms with Gasteiger partial charge in [-0.15, -0.1) is 10.2 Å². The normalized spacial score (nSPS) is 44.2. The van der Waals surface area contributed by atoms with Crippen LogP contribution in [0.15, 0.2) is 4.42 Å². The second-order valence-corrected chi connectivity index (χ2v) is 8.61. The molecule has 0 spiro atoms. The van der Waals surface area contributed by atoms with Gasteiger partial charge in [0.05, 0.1) is 0 Å². The van der Waals surface area contributed by atoms with Gasteiger partial charge < -0.3 is 9.52 Å². The largest absolute Gasteiger partial charge is 0.474 e. The van der Waals surface area contributed by atoms with Crippen LogP contribution in [0.4, 0.5) is 0 Å². The molecule has 4 fully saturated rings. The molecule has 114 valence electrons. The van der Waals surface area contributed by atoms with Crippen molar-refractivity contribution in [2.24, 2.45) is 22.2 Å². The Labute approximate surface area is 124 Å². The predicted molar refractivity (Wildman–Crippen MR) is 74.8 cm³/mol. The maximum absolute atomic E-state index is 10.9. The molecule has 1 aromatic rings. The number of hydrogen-bond acceptors (Lipinski definition) is 4. The molecule has 0 aromatic carbocycles. The Morgan fingerprint density at radius 3 is 2.38 bits per heavy atom. The van der Waals surface area contributed by atoms with Gasteiger partial charge in [0, 0.05) is 6.42 Å². The molecule has 5 rings (SSSR count). The summed E-state index contributed by atoms with van der Waals surface area (Å²) in [6.45, 7) is 4.86. The first kappa shape index (κ1) is 13.3. The first-order chi connectivity index (χ1) is 9.79. The first-order valence-corrected chi connectivity index (χ1v) is 7.85. The highest BCUT2D eigenvalue weighted by Crippen LogP contribution is 2.70. The maximum Gasteiger partial charge on any atom is 0.393 e. The van der Waals surface area contributed by atoms with Crippen LogP contribution in [-0.2, 0) is 6.42 Å². The molecule has 4 saturated carbocycles. The number of carbonyl (C=O) groups is 1. The van der Waals surface area contributed by atoms with Gasteiger partial charge in [-0.05, 0) is 60.7 Å². The van der Waals surface area contributed by atoms with Gasteiger partial charge in [-0.25, -0.2) is 4.79 Å². The lowest BCUT2D eigenvalue weighted by Crippen LogP contribution is -2.55. The third kappa shape index (κ3) is 2.09. The molecule has 2 unspecified atom stereocenters. The predicted octanol–water partition coefficient (Wildman–Crippen LogP) is 3.31. The van der Waals surface area contributed by atoms with Crippen LogP contribution in [0.1, 0.15) is 68.9 Å². The average molecular weight is 290 g/mol. The lowest BCUT2D eigenvalue weighted by atomic mass is 9.40. The van der Waals surface area contributed by atoms with Crippen molar-refractivity contribution in [3.63, 3.8) is 0 Å². The number of nitrogens with zero attached hydrogens (tertiary/aromatic N) is 2. The van der Waals surface area contributed by atoms with Gasteiger partial charge in [0.15, 0.2) is 0 Å². The highest BCUT2D eigenvalue weighted by molar-refractivity contribution is 5.81. The Balaban J connectivity index is 1.63. The zero-order valence-electron chi connectivity index (χ0n) is 12.7. The van der Waals surface area contributed by atoms with Crippen molar-refractivity contribution in [2.45, 2.75) is 58.8 Å². The van der Waals surface area contributed by atoms with Gasteiger partial charge in [-0.2, -0.15) is 0 Å². The lowest BCUT2D eigenvalue weighted by molar-refractivity contribution is -0.145. The monoisotopic (exact) mass is 290 g/mol. The second kappa shape index (κ2) is 3.87. The molecule has 2 atom stereocenters. The van der Waals surface area contributed by atoms with Crippen LogP contribution in [-0.4, -0.2) is 21.3 Å². The summed E-state index contributed by atoms with van der Waals surface area (Å²) in [5.74, 6) is -0.106. The van der Waals surface area contributed by atoms with E-state index in [1.807, 2.05) is 0 Å². The molecule has 4 bridgehead atoms. The minimum Gasteiger partial charge on any atom is -0.474 e. The molecule has 4 aliphatic rings. The SMILES string of the molecule is CC12CC3CC(C)(C1)CC(Cc1nnc(C(=O)O)o1)(C3)C2. The number of carboxylic acid groups (broad SMARTS) is 1. The van der Waals surface area contributed by atoms with Crippen LogP contribution in [0.25, 0.3) is 0 Å². The molecular weight excluding hydrogens is 268 g/mol. The Morgan fingerprint density at radius 1 is 1.19 bits per heavy atom. The summed E-state index contributed by atoms with van der Waals surface area (Å²) in [5.41, 5.74) is 1.14. The van der Waals surface area contributed by atoms with Crippen molar-refractivity contribution in [3.05, 3.63) is 11.8 Å². The van der Waals surface area contributed by atoms with E-state index in [1.54, 1.807) is 0 Å². The number of carboxylic acids is 1. The Kier molecular flexibility index (Phi) is 2.45. The van der Waals surface area contributed by atoms with Crippen LogP contribution >= 0.6 is 0 Å². The van der Waals surface area contributed by atoms with E-state index < -0.39 is 5.97 Å². The molecule has 4 aliphatic carbocycles. The molecule has 0 amide bonds. The quantitative estimate of drug-likeness (QED) is 0.924. The van der Waals surface area contributed by atoms with Crippen LogP contribution in [0.2, 0.25) is 0 Å². The zero-order chi connectivity index (χ0) is 14.9. The van der Waals surface area contributed by atoms with E-state index in [4.69, 9.17) is 9.52 Å². The summed E-state index contributed by atoms with van der Waals surface area (Å²) in [6, 6.07) is 0. The zero-order valence-corrected chi connectivity index (χ0v) is 12.7. The number of aromatic nitrogens is 2. The van der Waals surface area contributed by atoms with E-state index in [-0.39, 0.29) is 11.3 Å². The molecule has 0 radical (unpaired) electrons. The molecule has 0 saturated heterocycles. The van der Waals surface area contributed by atoms with Crippen molar-refractivity contribution in [1.82, 2.24) is 10.2 Å². The van der Waals surface area contributed by atoms with Gasteiger partial charge in [0.25, 0.3) is 0 Å². The van der Waals surface area contributed by atoms with E-state index >= 15 is 0 Å². The van der Waals surface area contributed by atoms with Crippen molar-refractivity contribution in [2.75, 3.05) is 0 Å². The van der Waals surface area contributed by atoms with E-state index in [0.29, 0.717) is 16.7 Å². The molecule has 1 N–H and O–H groups in total. The Hall–Kier alpha value is -1.39. The van der Waals surface area contributed by atoms with Gasteiger partial charge in [-0.3, -0.25) is 0 Å². The summed E-state index contributed by atoms with van der Waals surface area (Å²) in [6.07, 6.45) is 8.47. The number of rotatable bonds is 3. The topological polar surface area (TPSA) is 76.2 Å². The van der Waals surface area contributed by atoms with Gasteiger partial charge in [-0.1, -0.05) is 13.8 Å². The first-order valence-electron chi connectivity index (χ1n) is 7.85. The van der Waals surface area contributed by atoms with Gasteiger partial charge >= 0.3 is 11.9 Å². The molecule has 1 heterocycles. The maximum atomic E-state index is 10.9. The molecule has 21 heavy (non-hydrogen) atoms. The van der Waals surface area contributed by atoms with E-state index in [2.05, 4.69) is 24.0 Å². The fourth-order valence-corrected chi connectivity index (χ4v) is 6.61. The third-order valence-electron chi connectivity index (χ3n) is 5.92. The summed E-state index contributed by atoms with van der Waals surface area (Å²) < 4.78 is 5.33. The smallest absolute Gasteiger partial charge is 0.393 e. The van der Waals surface area contributed by atoms with Crippen molar-refractivity contribution in [1.29, 1.82) is 0 Å². The van der Waals surface area contributed by atoms with Crippen molar-refractivity contribution in [3.8, 4) is 0 Å². The summed E-state index contributed by atoms with van der Waals surface area (Å²) in [5, 5.41) is 16.5. The van der Waals surface area contributed by atoms with Gasteiger partial charge in [0.2, 0.25) is 5.89 Å². The molecule has 5 nitrogen and oxygen atoms in total. The van der Waals surface area contributed by atoms with E-state index in [0.717, 1.165) is 12.3 Å². The fourth-order valence-electron chi connectivity index (χ4n) is 6.61. The van der Waals surface area contributed by atoms with Crippen molar-refractivity contribution >= 4 is 5.97 Å². The summed E-state index contributed by atoms with van der Waals surface area (Å²) >= 11 is 0. The lowest BCUT2D eigenvalue weighted by Gasteiger charge is -2.65. The molecule has 0 aliphatic heterocycles.